The Labute approximate surface area is 145 Å². The lowest BCUT2D eigenvalue weighted by Gasteiger charge is -2.15. The summed E-state index contributed by atoms with van der Waals surface area (Å²) in [5, 5.41) is 4.09. The summed E-state index contributed by atoms with van der Waals surface area (Å²) in [6, 6.07) is 10.2. The number of benzene rings is 1. The molecule has 1 aromatic carbocycles. The molecular formula is C17H18Cl2N2O2. The molecule has 0 aliphatic rings. The van der Waals surface area contributed by atoms with Gasteiger partial charge in [-0.3, -0.25) is 9.59 Å². The molecule has 0 radical (unpaired) electrons. The van der Waals surface area contributed by atoms with Gasteiger partial charge in [0, 0.05) is 41.3 Å². The molecule has 1 heterocycles. The molecule has 0 unspecified atom stereocenters. The van der Waals surface area contributed by atoms with Crippen LogP contribution in [0.3, 0.4) is 0 Å². The van der Waals surface area contributed by atoms with Crippen LogP contribution in [0.1, 0.15) is 18.9 Å². The van der Waals surface area contributed by atoms with E-state index in [9.17, 15) is 9.59 Å². The lowest BCUT2D eigenvalue weighted by molar-refractivity contribution is -0.121. The van der Waals surface area contributed by atoms with E-state index >= 15 is 0 Å². The third kappa shape index (κ3) is 5.41. The Kier molecular flexibility index (Phi) is 6.25. The summed E-state index contributed by atoms with van der Waals surface area (Å²) in [5.74, 6) is -0.0988. The molecule has 2 aromatic rings. The summed E-state index contributed by atoms with van der Waals surface area (Å²) in [6.07, 6.45) is 2.54. The number of amides is 1. The van der Waals surface area contributed by atoms with Crippen molar-refractivity contribution in [2.45, 2.75) is 32.4 Å². The van der Waals surface area contributed by atoms with Gasteiger partial charge in [0.15, 0.2) is 0 Å². The van der Waals surface area contributed by atoms with Gasteiger partial charge in [0.2, 0.25) is 5.91 Å². The van der Waals surface area contributed by atoms with Crippen molar-refractivity contribution in [1.29, 1.82) is 0 Å². The zero-order valence-electron chi connectivity index (χ0n) is 12.8. The van der Waals surface area contributed by atoms with Gasteiger partial charge in [-0.15, -0.1) is 0 Å². The first-order valence-corrected chi connectivity index (χ1v) is 8.10. The minimum Gasteiger partial charge on any atom is -0.353 e. The summed E-state index contributed by atoms with van der Waals surface area (Å²) in [6.45, 7) is 2.28. The SMILES string of the molecule is C[C@H](Cc1ccc(Cl)cc1Cl)NC(=O)CCn1ccccc1=O. The minimum absolute atomic E-state index is 0.0614. The molecule has 1 aromatic heterocycles. The van der Waals surface area contributed by atoms with Crippen molar-refractivity contribution in [1.82, 2.24) is 9.88 Å². The fourth-order valence-corrected chi connectivity index (χ4v) is 2.77. The first kappa shape index (κ1) is 17.6. The normalized spacial score (nSPS) is 12.0. The van der Waals surface area contributed by atoms with Crippen molar-refractivity contribution in [3.8, 4) is 0 Å². The summed E-state index contributed by atoms with van der Waals surface area (Å²) < 4.78 is 1.51. The smallest absolute Gasteiger partial charge is 0.250 e. The molecule has 6 heteroatoms. The monoisotopic (exact) mass is 352 g/mol. The second-order valence-corrected chi connectivity index (χ2v) is 6.23. The Hall–Kier alpha value is -1.78. The Bertz CT molecular complexity index is 743. The summed E-state index contributed by atoms with van der Waals surface area (Å²) in [7, 11) is 0. The van der Waals surface area contributed by atoms with Crippen molar-refractivity contribution in [2.24, 2.45) is 0 Å². The van der Waals surface area contributed by atoms with E-state index in [0.29, 0.717) is 23.0 Å². The van der Waals surface area contributed by atoms with Gasteiger partial charge < -0.3 is 9.88 Å². The van der Waals surface area contributed by atoms with Crippen LogP contribution in [0, 0.1) is 0 Å². The zero-order chi connectivity index (χ0) is 16.8. The van der Waals surface area contributed by atoms with Crippen molar-refractivity contribution >= 4 is 29.1 Å². The average molecular weight is 353 g/mol. The van der Waals surface area contributed by atoms with Gasteiger partial charge in [0.25, 0.3) is 5.56 Å². The van der Waals surface area contributed by atoms with Gasteiger partial charge >= 0.3 is 0 Å². The maximum Gasteiger partial charge on any atom is 0.250 e. The van der Waals surface area contributed by atoms with Crippen molar-refractivity contribution in [3.05, 3.63) is 68.6 Å². The van der Waals surface area contributed by atoms with Gasteiger partial charge in [0.05, 0.1) is 0 Å². The highest BCUT2D eigenvalue weighted by atomic mass is 35.5. The maximum absolute atomic E-state index is 12.0. The van der Waals surface area contributed by atoms with E-state index in [-0.39, 0.29) is 23.9 Å². The number of hydrogen-bond acceptors (Lipinski definition) is 2. The van der Waals surface area contributed by atoms with E-state index in [1.54, 1.807) is 30.5 Å². The van der Waals surface area contributed by atoms with Crippen LogP contribution in [-0.4, -0.2) is 16.5 Å². The quantitative estimate of drug-likeness (QED) is 0.866. The predicted octanol–water partition coefficient (Wildman–Crippen LogP) is 3.29. The van der Waals surface area contributed by atoms with E-state index < -0.39 is 0 Å². The Morgan fingerprint density at radius 1 is 1.26 bits per heavy atom. The van der Waals surface area contributed by atoms with Gasteiger partial charge in [-0.25, -0.2) is 0 Å². The molecule has 23 heavy (non-hydrogen) atoms. The summed E-state index contributed by atoms with van der Waals surface area (Å²) in [5.41, 5.74) is 0.824. The van der Waals surface area contributed by atoms with E-state index in [1.807, 2.05) is 13.0 Å². The van der Waals surface area contributed by atoms with E-state index in [4.69, 9.17) is 23.2 Å². The maximum atomic E-state index is 12.0. The third-order valence-electron chi connectivity index (χ3n) is 3.43. The Morgan fingerprint density at radius 3 is 2.74 bits per heavy atom. The lowest BCUT2D eigenvalue weighted by Crippen LogP contribution is -2.35. The molecule has 0 fully saturated rings. The van der Waals surface area contributed by atoms with Gasteiger partial charge in [0.1, 0.15) is 0 Å². The van der Waals surface area contributed by atoms with Crippen LogP contribution in [0.4, 0.5) is 0 Å². The van der Waals surface area contributed by atoms with Crippen molar-refractivity contribution in [3.63, 3.8) is 0 Å². The lowest BCUT2D eigenvalue weighted by atomic mass is 10.1. The van der Waals surface area contributed by atoms with Crippen LogP contribution in [0.5, 0.6) is 0 Å². The first-order valence-electron chi connectivity index (χ1n) is 7.34. The molecule has 0 saturated carbocycles. The highest BCUT2D eigenvalue weighted by molar-refractivity contribution is 6.35. The number of hydrogen-bond donors (Lipinski definition) is 1. The molecule has 1 amide bonds. The van der Waals surface area contributed by atoms with Gasteiger partial charge in [-0.1, -0.05) is 35.3 Å². The molecule has 0 aliphatic carbocycles. The number of aromatic nitrogens is 1. The number of rotatable bonds is 6. The number of pyridine rings is 1. The summed E-state index contributed by atoms with van der Waals surface area (Å²) >= 11 is 12.0. The van der Waals surface area contributed by atoms with E-state index in [0.717, 1.165) is 5.56 Å². The molecule has 1 N–H and O–H groups in total. The first-order chi connectivity index (χ1) is 11.0. The molecule has 0 aliphatic heterocycles. The second kappa shape index (κ2) is 8.18. The van der Waals surface area contributed by atoms with E-state index in [2.05, 4.69) is 5.32 Å². The van der Waals surface area contributed by atoms with E-state index in [1.165, 1.54) is 10.6 Å². The summed E-state index contributed by atoms with van der Waals surface area (Å²) in [4.78, 5) is 23.6. The molecule has 4 nitrogen and oxygen atoms in total. The molecule has 0 saturated heterocycles. The molecule has 0 spiro atoms. The molecule has 0 bridgehead atoms. The fourth-order valence-electron chi connectivity index (χ4n) is 2.28. The van der Waals surface area contributed by atoms with Crippen LogP contribution in [0.15, 0.2) is 47.4 Å². The van der Waals surface area contributed by atoms with Crippen molar-refractivity contribution < 1.29 is 4.79 Å². The number of halogens is 2. The largest absolute Gasteiger partial charge is 0.353 e. The standard InChI is InChI=1S/C17H18Cl2N2O2/c1-12(10-13-5-6-14(18)11-15(13)19)20-16(22)7-9-21-8-3-2-4-17(21)23/h2-6,8,11-12H,7,9-10H2,1H3,(H,20,22)/t12-/m1/s1. The predicted molar refractivity (Wildman–Crippen MR) is 93.1 cm³/mol. The minimum atomic E-state index is -0.110. The van der Waals surface area contributed by atoms with Crippen LogP contribution >= 0.6 is 23.2 Å². The van der Waals surface area contributed by atoms with Gasteiger partial charge in [-0.2, -0.15) is 0 Å². The highest BCUT2D eigenvalue weighted by Crippen LogP contribution is 2.22. The number of aryl methyl sites for hydroxylation is 1. The number of carbonyl (C=O) groups is 1. The van der Waals surface area contributed by atoms with Crippen molar-refractivity contribution in [2.75, 3.05) is 0 Å². The molecular weight excluding hydrogens is 335 g/mol. The van der Waals surface area contributed by atoms with Crippen LogP contribution in [0.25, 0.3) is 0 Å². The topological polar surface area (TPSA) is 51.1 Å². The van der Waals surface area contributed by atoms with Crippen LogP contribution in [0.2, 0.25) is 10.0 Å². The average Bonchev–Trinajstić information content (AvgIpc) is 2.49. The molecule has 1 atom stereocenters. The van der Waals surface area contributed by atoms with Gasteiger partial charge in [-0.05, 0) is 37.1 Å². The second-order valence-electron chi connectivity index (χ2n) is 5.39. The molecule has 2 rings (SSSR count). The third-order valence-corrected chi connectivity index (χ3v) is 4.01. The number of nitrogens with one attached hydrogen (secondary N) is 1. The highest BCUT2D eigenvalue weighted by Gasteiger charge is 2.11. The van der Waals surface area contributed by atoms with Crippen LogP contribution in [-0.2, 0) is 17.8 Å². The zero-order valence-corrected chi connectivity index (χ0v) is 14.3. The molecule has 122 valence electrons. The van der Waals surface area contributed by atoms with Crippen LogP contribution < -0.4 is 10.9 Å². The Balaban J connectivity index is 1.85. The Morgan fingerprint density at radius 2 is 2.04 bits per heavy atom. The number of nitrogens with zero attached hydrogens (tertiary/aromatic N) is 1. The fraction of sp³-hybridized carbons (Fsp3) is 0.294. The number of carbonyl (C=O) groups excluding carboxylic acids is 1.